The van der Waals surface area contributed by atoms with Gasteiger partial charge in [-0.25, -0.2) is 13.1 Å². The molecule has 1 heterocycles. The molecule has 0 amide bonds. The fourth-order valence-corrected chi connectivity index (χ4v) is 2.63. The quantitative estimate of drug-likeness (QED) is 0.803. The molecule has 0 radical (unpaired) electrons. The average Bonchev–Trinajstić information content (AvgIpc) is 2.97. The molecular weight excluding hydrogens is 278 g/mol. The lowest BCUT2D eigenvalue weighted by molar-refractivity contribution is 0.380. The minimum Gasteiger partial charge on any atom is -0.360 e. The molecule has 0 aliphatic carbocycles. The van der Waals surface area contributed by atoms with Gasteiger partial charge in [0.2, 0.25) is 10.0 Å². The average molecular weight is 295 g/mol. The van der Waals surface area contributed by atoms with Gasteiger partial charge in [0.25, 0.3) is 0 Å². The molecule has 20 heavy (non-hydrogen) atoms. The molecule has 1 aromatic heterocycles. The van der Waals surface area contributed by atoms with E-state index >= 15 is 0 Å². The van der Waals surface area contributed by atoms with E-state index in [0.717, 1.165) is 18.7 Å². The Hall–Kier alpha value is -1.70. The molecule has 0 atom stereocenters. The van der Waals surface area contributed by atoms with E-state index in [4.69, 9.17) is 4.52 Å². The smallest absolute Gasteiger partial charge is 0.240 e. The van der Waals surface area contributed by atoms with Crippen LogP contribution in [0.4, 0.5) is 0 Å². The first-order chi connectivity index (χ1) is 9.62. The zero-order chi connectivity index (χ0) is 14.4. The zero-order valence-corrected chi connectivity index (χ0v) is 12.0. The van der Waals surface area contributed by atoms with Crippen LogP contribution in [0.3, 0.4) is 0 Å². The van der Waals surface area contributed by atoms with Gasteiger partial charge in [0.05, 0.1) is 17.6 Å². The summed E-state index contributed by atoms with van der Waals surface area (Å²) in [5.41, 5.74) is 1.04. The number of sulfonamides is 1. The summed E-state index contributed by atoms with van der Waals surface area (Å²) in [6.07, 6.45) is 1.47. The van der Waals surface area contributed by atoms with Gasteiger partial charge in [0.1, 0.15) is 0 Å². The minimum absolute atomic E-state index is 0.0848. The van der Waals surface area contributed by atoms with Gasteiger partial charge in [0, 0.05) is 12.6 Å². The minimum atomic E-state index is -3.53. The molecule has 0 aliphatic rings. The van der Waals surface area contributed by atoms with E-state index in [1.807, 2.05) is 6.92 Å². The molecule has 0 aliphatic heterocycles. The van der Waals surface area contributed by atoms with E-state index in [-0.39, 0.29) is 11.4 Å². The zero-order valence-electron chi connectivity index (χ0n) is 11.2. The highest BCUT2D eigenvalue weighted by molar-refractivity contribution is 7.89. The van der Waals surface area contributed by atoms with Crippen molar-refractivity contribution in [3.8, 4) is 0 Å². The van der Waals surface area contributed by atoms with Crippen LogP contribution in [0.1, 0.15) is 18.2 Å². The van der Waals surface area contributed by atoms with Crippen LogP contribution in [-0.2, 0) is 23.1 Å². The van der Waals surface area contributed by atoms with E-state index < -0.39 is 10.0 Å². The van der Waals surface area contributed by atoms with E-state index in [2.05, 4.69) is 15.2 Å². The van der Waals surface area contributed by atoms with E-state index in [9.17, 15) is 8.42 Å². The summed E-state index contributed by atoms with van der Waals surface area (Å²) in [4.78, 5) is 0.234. The maximum atomic E-state index is 12.1. The summed E-state index contributed by atoms with van der Waals surface area (Å²) in [5, 5.41) is 6.70. The summed E-state index contributed by atoms with van der Waals surface area (Å²) < 4.78 is 31.4. The van der Waals surface area contributed by atoms with Crippen LogP contribution in [0, 0.1) is 0 Å². The maximum Gasteiger partial charge on any atom is 0.240 e. The molecule has 0 saturated heterocycles. The number of nitrogens with zero attached hydrogens (tertiary/aromatic N) is 1. The maximum absolute atomic E-state index is 12.1. The SMILES string of the molecule is CCNCc1ccc(S(=O)(=O)NCc2ccno2)cc1. The molecule has 108 valence electrons. The molecule has 0 saturated carbocycles. The van der Waals surface area contributed by atoms with Gasteiger partial charge in [-0.3, -0.25) is 0 Å². The number of hydrogen-bond acceptors (Lipinski definition) is 5. The lowest BCUT2D eigenvalue weighted by Crippen LogP contribution is -2.23. The molecule has 0 fully saturated rings. The van der Waals surface area contributed by atoms with Gasteiger partial charge >= 0.3 is 0 Å². The summed E-state index contributed by atoms with van der Waals surface area (Å²) in [7, 11) is -3.53. The Morgan fingerprint density at radius 2 is 1.90 bits per heavy atom. The predicted molar refractivity (Wildman–Crippen MR) is 74.4 cm³/mol. The Balaban J connectivity index is 2.01. The van der Waals surface area contributed by atoms with E-state index in [0.29, 0.717) is 5.76 Å². The number of rotatable bonds is 7. The molecular formula is C13H17N3O3S. The Kier molecular flexibility index (Phi) is 4.89. The molecule has 0 spiro atoms. The Morgan fingerprint density at radius 1 is 1.15 bits per heavy atom. The van der Waals surface area contributed by atoms with Crippen LogP contribution in [0.2, 0.25) is 0 Å². The van der Waals surface area contributed by atoms with Gasteiger partial charge in [-0.2, -0.15) is 0 Å². The van der Waals surface area contributed by atoms with E-state index in [1.54, 1.807) is 30.3 Å². The third-order valence-corrected chi connectivity index (χ3v) is 4.16. The van der Waals surface area contributed by atoms with Crippen molar-refractivity contribution in [2.45, 2.75) is 24.9 Å². The van der Waals surface area contributed by atoms with Crippen LogP contribution in [0.25, 0.3) is 0 Å². The van der Waals surface area contributed by atoms with Crippen LogP contribution >= 0.6 is 0 Å². The molecule has 0 bridgehead atoms. The second-order valence-electron chi connectivity index (χ2n) is 4.23. The highest BCUT2D eigenvalue weighted by Crippen LogP contribution is 2.11. The molecule has 2 N–H and O–H groups in total. The normalized spacial score (nSPS) is 11.7. The van der Waals surface area contributed by atoms with Crippen molar-refractivity contribution in [2.24, 2.45) is 0 Å². The van der Waals surface area contributed by atoms with Crippen molar-refractivity contribution in [3.63, 3.8) is 0 Å². The second-order valence-corrected chi connectivity index (χ2v) is 5.99. The molecule has 2 aromatic rings. The first-order valence-electron chi connectivity index (χ1n) is 6.30. The monoisotopic (exact) mass is 295 g/mol. The van der Waals surface area contributed by atoms with Gasteiger partial charge < -0.3 is 9.84 Å². The molecule has 2 rings (SSSR count). The Bertz CT molecular complexity index is 621. The molecule has 7 heteroatoms. The van der Waals surface area contributed by atoms with Crippen LogP contribution in [0.5, 0.6) is 0 Å². The third-order valence-electron chi connectivity index (χ3n) is 2.74. The molecule has 0 unspecified atom stereocenters. The largest absolute Gasteiger partial charge is 0.360 e. The van der Waals surface area contributed by atoms with Crippen molar-refractivity contribution >= 4 is 10.0 Å². The van der Waals surface area contributed by atoms with Crippen LogP contribution in [0.15, 0.2) is 45.9 Å². The Morgan fingerprint density at radius 3 is 2.50 bits per heavy atom. The lowest BCUT2D eigenvalue weighted by Gasteiger charge is -2.06. The van der Waals surface area contributed by atoms with Crippen molar-refractivity contribution in [1.82, 2.24) is 15.2 Å². The van der Waals surface area contributed by atoms with Gasteiger partial charge in [-0.15, -0.1) is 0 Å². The topological polar surface area (TPSA) is 84.2 Å². The Labute approximate surface area is 118 Å². The standard InChI is InChI=1S/C13H17N3O3S/c1-2-14-9-11-3-5-13(6-4-11)20(17,18)16-10-12-7-8-15-19-12/h3-8,14,16H,2,9-10H2,1H3. The molecule has 6 nitrogen and oxygen atoms in total. The number of nitrogens with one attached hydrogen (secondary N) is 2. The number of benzene rings is 1. The lowest BCUT2D eigenvalue weighted by atomic mass is 10.2. The second kappa shape index (κ2) is 6.65. The number of hydrogen-bond donors (Lipinski definition) is 2. The summed E-state index contributed by atoms with van der Waals surface area (Å²) in [6, 6.07) is 8.39. The predicted octanol–water partition coefficient (Wildman–Crippen LogP) is 1.26. The third kappa shape index (κ3) is 3.89. The fourth-order valence-electron chi connectivity index (χ4n) is 1.64. The van der Waals surface area contributed by atoms with Gasteiger partial charge in [0.15, 0.2) is 5.76 Å². The fraction of sp³-hybridized carbons (Fsp3) is 0.308. The van der Waals surface area contributed by atoms with Crippen molar-refractivity contribution in [3.05, 3.63) is 47.9 Å². The van der Waals surface area contributed by atoms with Gasteiger partial charge in [-0.05, 0) is 24.2 Å². The van der Waals surface area contributed by atoms with E-state index in [1.165, 1.54) is 6.20 Å². The summed E-state index contributed by atoms with van der Waals surface area (Å²) >= 11 is 0. The summed E-state index contributed by atoms with van der Waals surface area (Å²) in [6.45, 7) is 3.70. The highest BCUT2D eigenvalue weighted by Gasteiger charge is 2.14. The van der Waals surface area contributed by atoms with Gasteiger partial charge in [-0.1, -0.05) is 24.2 Å². The van der Waals surface area contributed by atoms with Crippen LogP contribution < -0.4 is 10.0 Å². The first kappa shape index (κ1) is 14.7. The number of aromatic nitrogens is 1. The first-order valence-corrected chi connectivity index (χ1v) is 7.79. The van der Waals surface area contributed by atoms with Crippen LogP contribution in [-0.4, -0.2) is 20.1 Å². The van der Waals surface area contributed by atoms with Crippen molar-refractivity contribution in [1.29, 1.82) is 0 Å². The van der Waals surface area contributed by atoms with Crippen molar-refractivity contribution < 1.29 is 12.9 Å². The summed E-state index contributed by atoms with van der Waals surface area (Å²) in [5.74, 6) is 0.470. The highest BCUT2D eigenvalue weighted by atomic mass is 32.2. The van der Waals surface area contributed by atoms with Crippen molar-refractivity contribution in [2.75, 3.05) is 6.54 Å². The molecule has 1 aromatic carbocycles.